The van der Waals surface area contributed by atoms with Crippen LogP contribution in [0.25, 0.3) is 5.70 Å². The maximum atomic E-state index is 11.6. The summed E-state index contributed by atoms with van der Waals surface area (Å²) in [4.78, 5) is 22.8. The molecule has 0 aromatic heterocycles. The molecule has 0 aliphatic carbocycles. The van der Waals surface area contributed by atoms with Gasteiger partial charge in [0.25, 0.3) is 0 Å². The highest BCUT2D eigenvalue weighted by Gasteiger charge is 2.16. The van der Waals surface area contributed by atoms with Crippen LogP contribution < -0.4 is 20.1 Å². The van der Waals surface area contributed by atoms with Crippen molar-refractivity contribution in [2.45, 2.75) is 26.4 Å². The molecule has 3 N–H and O–H groups in total. The third kappa shape index (κ3) is 7.33. The Labute approximate surface area is 153 Å². The second kappa shape index (κ2) is 9.55. The van der Waals surface area contributed by atoms with Crippen LogP contribution in [0.4, 0.5) is 4.79 Å². The first-order valence-corrected chi connectivity index (χ1v) is 8.04. The molecule has 0 aliphatic heterocycles. The normalized spacial score (nSPS) is 11.5. The summed E-state index contributed by atoms with van der Waals surface area (Å²) in [6.07, 6.45) is 0.503. The zero-order valence-corrected chi connectivity index (χ0v) is 15.7. The number of carbonyl (C=O) groups is 2. The summed E-state index contributed by atoms with van der Waals surface area (Å²) in [5.41, 5.74) is 0.332. The molecule has 1 aromatic rings. The minimum Gasteiger partial charge on any atom is -0.497 e. The van der Waals surface area contributed by atoms with E-state index in [2.05, 4.69) is 10.6 Å². The van der Waals surface area contributed by atoms with Crippen molar-refractivity contribution in [3.8, 4) is 11.5 Å². The van der Waals surface area contributed by atoms with Crippen molar-refractivity contribution in [1.82, 2.24) is 10.6 Å². The van der Waals surface area contributed by atoms with Gasteiger partial charge in [-0.15, -0.1) is 0 Å². The highest BCUT2D eigenvalue weighted by molar-refractivity contribution is 5.90. The van der Waals surface area contributed by atoms with Crippen molar-refractivity contribution in [3.05, 3.63) is 29.8 Å². The van der Waals surface area contributed by atoms with Crippen LogP contribution >= 0.6 is 0 Å². The molecule has 0 aliphatic rings. The average Bonchev–Trinajstić information content (AvgIpc) is 2.55. The summed E-state index contributed by atoms with van der Waals surface area (Å²) in [7, 11) is 3.02. The fraction of sp³-hybridized carbons (Fsp3) is 0.444. The Bertz CT molecular complexity index is 664. The Hall–Kier alpha value is -2.90. The first-order chi connectivity index (χ1) is 12.2. The lowest BCUT2D eigenvalue weighted by Crippen LogP contribution is -2.36. The van der Waals surface area contributed by atoms with Gasteiger partial charge < -0.3 is 30.0 Å². The molecule has 0 heterocycles. The Balaban J connectivity index is 2.78. The number of hydrogen-bond acceptors (Lipinski definition) is 6. The minimum absolute atomic E-state index is 0.254. The first kappa shape index (κ1) is 21.1. The van der Waals surface area contributed by atoms with E-state index in [1.165, 1.54) is 14.2 Å². The summed E-state index contributed by atoms with van der Waals surface area (Å²) in [5, 5.41) is 14.7. The van der Waals surface area contributed by atoms with Crippen molar-refractivity contribution in [1.29, 1.82) is 0 Å². The highest BCUT2D eigenvalue weighted by atomic mass is 16.6. The maximum Gasteiger partial charge on any atom is 0.407 e. The van der Waals surface area contributed by atoms with Crippen LogP contribution in [0.3, 0.4) is 0 Å². The van der Waals surface area contributed by atoms with Crippen molar-refractivity contribution in [2.75, 3.05) is 27.3 Å². The summed E-state index contributed by atoms with van der Waals surface area (Å²) in [6.45, 7) is 5.87. The number of carboxylic acid groups (broad SMARTS) is 1. The Morgan fingerprint density at radius 3 is 2.31 bits per heavy atom. The molecule has 8 heteroatoms. The molecule has 0 fully saturated rings. The van der Waals surface area contributed by atoms with Crippen LogP contribution in [-0.4, -0.2) is 50.1 Å². The fourth-order valence-corrected chi connectivity index (χ4v) is 2.04. The molecule has 1 amide bonds. The van der Waals surface area contributed by atoms with E-state index in [1.54, 1.807) is 39.0 Å². The van der Waals surface area contributed by atoms with Crippen LogP contribution in [-0.2, 0) is 9.53 Å². The molecular weight excluding hydrogens is 340 g/mol. The largest absolute Gasteiger partial charge is 0.497 e. The quantitative estimate of drug-likeness (QED) is 0.478. The molecule has 0 unspecified atom stereocenters. The number of carbonyl (C=O) groups excluding carboxylic acids is 1. The van der Waals surface area contributed by atoms with Crippen molar-refractivity contribution < 1.29 is 28.9 Å². The van der Waals surface area contributed by atoms with Gasteiger partial charge in [-0.3, -0.25) is 0 Å². The van der Waals surface area contributed by atoms with E-state index >= 15 is 0 Å². The molecule has 0 bridgehead atoms. The molecule has 0 saturated carbocycles. The van der Waals surface area contributed by atoms with Gasteiger partial charge in [-0.1, -0.05) is 0 Å². The van der Waals surface area contributed by atoms with Crippen LogP contribution in [0.1, 0.15) is 26.3 Å². The van der Waals surface area contributed by atoms with E-state index in [4.69, 9.17) is 19.3 Å². The molecule has 0 saturated heterocycles. The second-order valence-corrected chi connectivity index (χ2v) is 6.32. The molecule has 0 atom stereocenters. The molecule has 1 aromatic carbocycles. The van der Waals surface area contributed by atoms with Gasteiger partial charge in [-0.25, -0.2) is 9.59 Å². The van der Waals surface area contributed by atoms with E-state index in [0.717, 1.165) is 6.08 Å². The Morgan fingerprint density at radius 1 is 1.12 bits per heavy atom. The monoisotopic (exact) mass is 366 g/mol. The van der Waals surface area contributed by atoms with Crippen molar-refractivity contribution >= 4 is 17.8 Å². The summed E-state index contributed by atoms with van der Waals surface area (Å²) in [6, 6.07) is 5.06. The van der Waals surface area contributed by atoms with Gasteiger partial charge in [0.05, 0.1) is 19.9 Å². The number of nitrogens with one attached hydrogen (secondary N) is 2. The van der Waals surface area contributed by atoms with Gasteiger partial charge in [-0.05, 0) is 32.9 Å². The Kier molecular flexibility index (Phi) is 7.77. The lowest BCUT2D eigenvalue weighted by Gasteiger charge is -2.20. The second-order valence-electron chi connectivity index (χ2n) is 6.32. The molecular formula is C18H26N2O6. The number of methoxy groups -OCH3 is 2. The van der Waals surface area contributed by atoms with Crippen LogP contribution in [0.5, 0.6) is 11.5 Å². The number of hydrogen-bond donors (Lipinski definition) is 3. The number of benzene rings is 1. The van der Waals surface area contributed by atoms with E-state index in [9.17, 15) is 9.59 Å². The maximum absolute atomic E-state index is 11.6. The highest BCUT2D eigenvalue weighted by Crippen LogP contribution is 2.28. The van der Waals surface area contributed by atoms with Crippen LogP contribution in [0.2, 0.25) is 0 Å². The zero-order chi connectivity index (χ0) is 19.7. The third-order valence-electron chi connectivity index (χ3n) is 3.08. The van der Waals surface area contributed by atoms with E-state index < -0.39 is 17.7 Å². The fourth-order valence-electron chi connectivity index (χ4n) is 2.04. The standard InChI is InChI=1S/C18H26N2O6/c1-18(2,3)26-17(23)20-9-8-19-14(11-16(21)22)13-7-6-12(24-4)10-15(13)25-5/h6-7,10-11,19H,8-9H2,1-5H3,(H,20,23)(H,21,22)/b14-11-. The topological polar surface area (TPSA) is 106 Å². The molecule has 8 nitrogen and oxygen atoms in total. The number of carboxylic acids is 1. The predicted octanol–water partition coefficient (Wildman–Crippen LogP) is 2.24. The zero-order valence-electron chi connectivity index (χ0n) is 15.7. The number of aliphatic carboxylic acids is 1. The third-order valence-corrected chi connectivity index (χ3v) is 3.08. The lowest BCUT2D eigenvalue weighted by atomic mass is 10.1. The van der Waals surface area contributed by atoms with Gasteiger partial charge >= 0.3 is 12.1 Å². The number of amides is 1. The first-order valence-electron chi connectivity index (χ1n) is 8.04. The van der Waals surface area contributed by atoms with Gasteiger partial charge in [-0.2, -0.15) is 0 Å². The van der Waals surface area contributed by atoms with E-state index in [1.807, 2.05) is 0 Å². The average molecular weight is 366 g/mol. The van der Waals surface area contributed by atoms with Crippen LogP contribution in [0, 0.1) is 0 Å². The predicted molar refractivity (Wildman–Crippen MR) is 97.4 cm³/mol. The molecule has 144 valence electrons. The smallest absolute Gasteiger partial charge is 0.407 e. The van der Waals surface area contributed by atoms with Gasteiger partial charge in [0.2, 0.25) is 0 Å². The van der Waals surface area contributed by atoms with Crippen molar-refractivity contribution in [3.63, 3.8) is 0 Å². The Morgan fingerprint density at radius 2 is 1.77 bits per heavy atom. The van der Waals surface area contributed by atoms with Gasteiger partial charge in [0, 0.05) is 30.8 Å². The van der Waals surface area contributed by atoms with E-state index in [-0.39, 0.29) is 6.54 Å². The summed E-state index contributed by atoms with van der Waals surface area (Å²) < 4.78 is 15.6. The minimum atomic E-state index is -1.11. The molecule has 1 rings (SSSR count). The number of ether oxygens (including phenoxy) is 3. The SMILES string of the molecule is COc1ccc(/C(=C/C(=O)O)NCCNC(=O)OC(C)(C)C)c(OC)c1. The van der Waals surface area contributed by atoms with E-state index in [0.29, 0.717) is 29.3 Å². The molecule has 0 spiro atoms. The van der Waals surface area contributed by atoms with Crippen LogP contribution in [0.15, 0.2) is 24.3 Å². The number of rotatable bonds is 8. The number of alkyl carbamates (subject to hydrolysis) is 1. The molecule has 26 heavy (non-hydrogen) atoms. The lowest BCUT2D eigenvalue weighted by molar-refractivity contribution is -0.131. The van der Waals surface area contributed by atoms with Gasteiger partial charge in [0.15, 0.2) is 0 Å². The van der Waals surface area contributed by atoms with Gasteiger partial charge in [0.1, 0.15) is 17.1 Å². The summed E-state index contributed by atoms with van der Waals surface area (Å²) in [5.74, 6) is -0.0539. The van der Waals surface area contributed by atoms with Crippen molar-refractivity contribution in [2.24, 2.45) is 0 Å². The molecule has 0 radical (unpaired) electrons. The summed E-state index contributed by atoms with van der Waals surface area (Å²) >= 11 is 0.